The fourth-order valence-electron chi connectivity index (χ4n) is 2.73. The summed E-state index contributed by atoms with van der Waals surface area (Å²) in [5.41, 5.74) is 1.77. The molecule has 1 atom stereocenters. The Labute approximate surface area is 115 Å². The van der Waals surface area contributed by atoms with Gasteiger partial charge in [-0.1, -0.05) is 24.3 Å². The lowest BCUT2D eigenvalue weighted by Gasteiger charge is -2.33. The highest BCUT2D eigenvalue weighted by molar-refractivity contribution is 5.85. The minimum Gasteiger partial charge on any atom is -0.369 e. The Morgan fingerprint density at radius 1 is 1.37 bits per heavy atom. The van der Waals surface area contributed by atoms with Crippen LogP contribution >= 0.6 is 0 Å². The van der Waals surface area contributed by atoms with Gasteiger partial charge in [0.1, 0.15) is 5.60 Å². The number of nitrogens with zero attached hydrogens (tertiary/aromatic N) is 1. The third kappa shape index (κ3) is 2.66. The van der Waals surface area contributed by atoms with Crippen LogP contribution in [0.15, 0.2) is 24.3 Å². The van der Waals surface area contributed by atoms with Gasteiger partial charge in [0.2, 0.25) is 0 Å². The molecule has 0 aliphatic carbocycles. The first-order valence-corrected chi connectivity index (χ1v) is 6.89. The molecule has 2 rings (SSSR count). The van der Waals surface area contributed by atoms with Gasteiger partial charge in [-0.3, -0.25) is 4.79 Å². The fraction of sp³-hybridized carbons (Fsp3) is 0.562. The number of carbonyl (C=O) groups excluding carboxylic acids is 1. The number of rotatable bonds is 3. The molecule has 3 nitrogen and oxygen atoms in total. The zero-order valence-corrected chi connectivity index (χ0v) is 12.3. The maximum absolute atomic E-state index is 12.6. The van der Waals surface area contributed by atoms with E-state index in [1.807, 2.05) is 30.9 Å². The first-order chi connectivity index (χ1) is 8.97. The highest BCUT2D eigenvalue weighted by Gasteiger charge is 2.38. The maximum atomic E-state index is 12.6. The summed E-state index contributed by atoms with van der Waals surface area (Å²) in [5, 5.41) is 0. The highest BCUT2D eigenvalue weighted by Crippen LogP contribution is 2.35. The number of carbonyl (C=O) groups is 1. The first kappa shape index (κ1) is 14.1. The molecule has 1 aromatic rings. The van der Waals surface area contributed by atoms with Crippen LogP contribution in [0.4, 0.5) is 0 Å². The van der Waals surface area contributed by atoms with Crippen LogP contribution in [0, 0.1) is 6.92 Å². The van der Waals surface area contributed by atoms with Gasteiger partial charge in [-0.2, -0.15) is 0 Å². The van der Waals surface area contributed by atoms with Gasteiger partial charge in [0.15, 0.2) is 0 Å². The van der Waals surface area contributed by atoms with Gasteiger partial charge in [0.05, 0.1) is 6.04 Å². The number of hydrogen-bond acceptors (Lipinski definition) is 2. The molecule has 1 aliphatic heterocycles. The molecule has 1 aliphatic rings. The molecule has 1 amide bonds. The van der Waals surface area contributed by atoms with Crippen molar-refractivity contribution in [1.29, 1.82) is 0 Å². The molecule has 1 unspecified atom stereocenters. The predicted molar refractivity (Wildman–Crippen MR) is 76.0 cm³/mol. The SMILES string of the molecule is COC(C)(C)C(=O)N1CCCC1c1ccccc1C. The summed E-state index contributed by atoms with van der Waals surface area (Å²) >= 11 is 0. The number of benzene rings is 1. The van der Waals surface area contributed by atoms with Crippen LogP contribution in [-0.2, 0) is 9.53 Å². The second-order valence-electron chi connectivity index (χ2n) is 5.73. The number of methoxy groups -OCH3 is 1. The average Bonchev–Trinajstić information content (AvgIpc) is 2.87. The van der Waals surface area contributed by atoms with Crippen LogP contribution in [0.2, 0.25) is 0 Å². The first-order valence-electron chi connectivity index (χ1n) is 6.89. The largest absolute Gasteiger partial charge is 0.369 e. The van der Waals surface area contributed by atoms with Gasteiger partial charge < -0.3 is 9.64 Å². The van der Waals surface area contributed by atoms with Crippen LogP contribution in [0.5, 0.6) is 0 Å². The molecule has 0 radical (unpaired) electrons. The third-order valence-electron chi connectivity index (χ3n) is 4.09. The van der Waals surface area contributed by atoms with Crippen molar-refractivity contribution in [3.63, 3.8) is 0 Å². The Kier molecular flexibility index (Phi) is 3.95. The van der Waals surface area contributed by atoms with E-state index < -0.39 is 5.60 Å². The summed E-state index contributed by atoms with van der Waals surface area (Å²) < 4.78 is 5.34. The monoisotopic (exact) mass is 261 g/mol. The molecule has 104 valence electrons. The Morgan fingerprint density at radius 2 is 2.05 bits per heavy atom. The molecule has 1 fully saturated rings. The lowest BCUT2D eigenvalue weighted by molar-refractivity contribution is -0.152. The van der Waals surface area contributed by atoms with Crippen molar-refractivity contribution >= 4 is 5.91 Å². The number of ether oxygens (including phenoxy) is 1. The standard InChI is InChI=1S/C16H23NO2/c1-12-8-5-6-9-13(12)14-10-7-11-17(14)15(18)16(2,3)19-4/h5-6,8-9,14H,7,10-11H2,1-4H3. The Bertz CT molecular complexity index is 468. The van der Waals surface area contributed by atoms with Gasteiger partial charge in [0, 0.05) is 13.7 Å². The van der Waals surface area contributed by atoms with Crippen LogP contribution in [0.1, 0.15) is 43.9 Å². The van der Waals surface area contributed by atoms with Crippen LogP contribution < -0.4 is 0 Å². The molecule has 0 bridgehead atoms. The van der Waals surface area contributed by atoms with Crippen molar-refractivity contribution < 1.29 is 9.53 Å². The minimum absolute atomic E-state index is 0.0840. The summed E-state index contributed by atoms with van der Waals surface area (Å²) in [7, 11) is 1.59. The van der Waals surface area contributed by atoms with Crippen molar-refractivity contribution in [2.45, 2.75) is 45.3 Å². The molecule has 19 heavy (non-hydrogen) atoms. The molecule has 1 saturated heterocycles. The van der Waals surface area contributed by atoms with E-state index in [2.05, 4.69) is 19.1 Å². The summed E-state index contributed by atoms with van der Waals surface area (Å²) in [6.45, 7) is 6.60. The van der Waals surface area contributed by atoms with E-state index >= 15 is 0 Å². The third-order valence-corrected chi connectivity index (χ3v) is 4.09. The van der Waals surface area contributed by atoms with Gasteiger partial charge in [-0.05, 0) is 44.7 Å². The summed E-state index contributed by atoms with van der Waals surface area (Å²) in [6, 6.07) is 8.52. The Morgan fingerprint density at radius 3 is 2.68 bits per heavy atom. The summed E-state index contributed by atoms with van der Waals surface area (Å²) in [6.07, 6.45) is 2.10. The molecular formula is C16H23NO2. The zero-order chi connectivity index (χ0) is 14.0. The van der Waals surface area contributed by atoms with Crippen LogP contribution in [-0.4, -0.2) is 30.1 Å². The van der Waals surface area contributed by atoms with Gasteiger partial charge in [-0.25, -0.2) is 0 Å². The smallest absolute Gasteiger partial charge is 0.254 e. The van der Waals surface area contributed by atoms with E-state index in [4.69, 9.17) is 4.74 Å². The number of aryl methyl sites for hydroxylation is 1. The van der Waals surface area contributed by atoms with E-state index in [1.165, 1.54) is 11.1 Å². The van der Waals surface area contributed by atoms with Crippen molar-refractivity contribution in [3.8, 4) is 0 Å². The molecule has 1 heterocycles. The van der Waals surface area contributed by atoms with E-state index in [1.54, 1.807) is 7.11 Å². The van der Waals surface area contributed by atoms with Crippen molar-refractivity contribution in [3.05, 3.63) is 35.4 Å². The van der Waals surface area contributed by atoms with Crippen molar-refractivity contribution in [1.82, 2.24) is 4.90 Å². The average molecular weight is 261 g/mol. The fourth-order valence-corrected chi connectivity index (χ4v) is 2.73. The number of amides is 1. The normalized spacial score (nSPS) is 19.8. The second-order valence-corrected chi connectivity index (χ2v) is 5.73. The minimum atomic E-state index is -0.745. The van der Waals surface area contributed by atoms with E-state index in [0.717, 1.165) is 19.4 Å². The molecule has 0 N–H and O–H groups in total. The lowest BCUT2D eigenvalue weighted by atomic mass is 9.98. The van der Waals surface area contributed by atoms with Gasteiger partial charge in [0.25, 0.3) is 5.91 Å². The van der Waals surface area contributed by atoms with Gasteiger partial charge >= 0.3 is 0 Å². The van der Waals surface area contributed by atoms with E-state index in [-0.39, 0.29) is 11.9 Å². The molecule has 0 spiro atoms. The summed E-state index contributed by atoms with van der Waals surface area (Å²) in [4.78, 5) is 14.6. The quantitative estimate of drug-likeness (QED) is 0.837. The zero-order valence-electron chi connectivity index (χ0n) is 12.3. The van der Waals surface area contributed by atoms with Gasteiger partial charge in [-0.15, -0.1) is 0 Å². The number of hydrogen-bond donors (Lipinski definition) is 0. The van der Waals surface area contributed by atoms with Crippen molar-refractivity contribution in [2.24, 2.45) is 0 Å². The number of likely N-dealkylation sites (tertiary alicyclic amines) is 1. The van der Waals surface area contributed by atoms with E-state index in [0.29, 0.717) is 0 Å². The summed E-state index contributed by atoms with van der Waals surface area (Å²) in [5.74, 6) is 0.0840. The highest BCUT2D eigenvalue weighted by atomic mass is 16.5. The molecular weight excluding hydrogens is 238 g/mol. The van der Waals surface area contributed by atoms with E-state index in [9.17, 15) is 4.79 Å². The predicted octanol–water partition coefficient (Wildman–Crippen LogP) is 3.08. The molecule has 3 heteroatoms. The topological polar surface area (TPSA) is 29.5 Å². The molecule has 0 aromatic heterocycles. The Balaban J connectivity index is 2.28. The molecule has 0 saturated carbocycles. The Hall–Kier alpha value is -1.35. The maximum Gasteiger partial charge on any atom is 0.254 e. The lowest BCUT2D eigenvalue weighted by Crippen LogP contribution is -2.46. The molecule has 1 aromatic carbocycles. The van der Waals surface area contributed by atoms with Crippen LogP contribution in [0.3, 0.4) is 0 Å². The van der Waals surface area contributed by atoms with Crippen molar-refractivity contribution in [2.75, 3.05) is 13.7 Å². The second kappa shape index (κ2) is 5.33. The van der Waals surface area contributed by atoms with Crippen LogP contribution in [0.25, 0.3) is 0 Å².